The van der Waals surface area contributed by atoms with Crippen molar-refractivity contribution in [2.45, 2.75) is 19.4 Å². The fourth-order valence-corrected chi connectivity index (χ4v) is 2.49. The molecule has 0 saturated carbocycles. The summed E-state index contributed by atoms with van der Waals surface area (Å²) < 4.78 is 17.4. The van der Waals surface area contributed by atoms with Gasteiger partial charge in [0.15, 0.2) is 11.5 Å². The predicted octanol–water partition coefficient (Wildman–Crippen LogP) is 1.30. The quantitative estimate of drug-likeness (QED) is 0.821. The highest BCUT2D eigenvalue weighted by molar-refractivity contribution is 5.46. The van der Waals surface area contributed by atoms with Gasteiger partial charge >= 0.3 is 0 Å². The van der Waals surface area contributed by atoms with Crippen LogP contribution < -0.4 is 15.2 Å². The van der Waals surface area contributed by atoms with E-state index in [4.69, 9.17) is 19.9 Å². The zero-order valence-electron chi connectivity index (χ0n) is 13.0. The maximum atomic E-state index is 6.03. The van der Waals surface area contributed by atoms with Crippen LogP contribution in [0.15, 0.2) is 18.2 Å². The third-order valence-corrected chi connectivity index (χ3v) is 3.53. The normalized spacial score (nSPS) is 19.5. The first kappa shape index (κ1) is 16.1. The SMILES string of the molecule is CCOc1cccc(CCN)c1OCC1CN(C)CCO1. The number of ether oxygens (including phenoxy) is 3. The van der Waals surface area contributed by atoms with Crippen LogP contribution in [0.5, 0.6) is 11.5 Å². The summed E-state index contributed by atoms with van der Waals surface area (Å²) in [5, 5.41) is 0. The van der Waals surface area contributed by atoms with E-state index in [9.17, 15) is 0 Å². The Bertz CT molecular complexity index is 415. The number of hydrogen-bond acceptors (Lipinski definition) is 5. The van der Waals surface area contributed by atoms with Crippen molar-refractivity contribution >= 4 is 0 Å². The summed E-state index contributed by atoms with van der Waals surface area (Å²) in [6.45, 7) is 6.34. The van der Waals surface area contributed by atoms with Gasteiger partial charge in [0.2, 0.25) is 0 Å². The molecule has 1 aromatic rings. The number of benzene rings is 1. The van der Waals surface area contributed by atoms with Crippen LogP contribution in [-0.2, 0) is 11.2 Å². The molecule has 0 aromatic heterocycles. The number of morpholine rings is 1. The number of likely N-dealkylation sites (N-methyl/N-ethyl adjacent to an activating group) is 1. The Morgan fingerprint density at radius 2 is 2.24 bits per heavy atom. The van der Waals surface area contributed by atoms with Gasteiger partial charge in [-0.05, 0) is 38.6 Å². The third-order valence-electron chi connectivity index (χ3n) is 3.53. The van der Waals surface area contributed by atoms with E-state index in [1.165, 1.54) is 0 Å². The zero-order valence-corrected chi connectivity index (χ0v) is 13.0. The number of nitrogens with zero attached hydrogens (tertiary/aromatic N) is 1. The van der Waals surface area contributed by atoms with Crippen molar-refractivity contribution in [2.24, 2.45) is 5.73 Å². The van der Waals surface area contributed by atoms with Gasteiger partial charge in [-0.15, -0.1) is 0 Å². The lowest BCUT2D eigenvalue weighted by Gasteiger charge is -2.30. The van der Waals surface area contributed by atoms with Gasteiger partial charge in [0.05, 0.1) is 13.2 Å². The molecule has 1 atom stereocenters. The molecule has 1 saturated heterocycles. The van der Waals surface area contributed by atoms with Crippen molar-refractivity contribution < 1.29 is 14.2 Å². The highest BCUT2D eigenvalue weighted by atomic mass is 16.5. The van der Waals surface area contributed by atoms with Crippen molar-refractivity contribution in [3.05, 3.63) is 23.8 Å². The standard InChI is InChI=1S/C16H26N2O3/c1-3-19-15-6-4-5-13(7-8-17)16(15)21-12-14-11-18(2)9-10-20-14/h4-6,14H,3,7-12,17H2,1-2H3. The minimum absolute atomic E-state index is 0.101. The van der Waals surface area contributed by atoms with Crippen LogP contribution in [0.25, 0.3) is 0 Å². The van der Waals surface area contributed by atoms with E-state index in [1.807, 2.05) is 25.1 Å². The zero-order chi connectivity index (χ0) is 15.1. The molecule has 0 spiro atoms. The van der Waals surface area contributed by atoms with Crippen molar-refractivity contribution in [2.75, 3.05) is 46.5 Å². The summed E-state index contributed by atoms with van der Waals surface area (Å²) in [6.07, 6.45) is 0.881. The Morgan fingerprint density at radius 1 is 1.38 bits per heavy atom. The summed E-state index contributed by atoms with van der Waals surface area (Å²) in [5.74, 6) is 1.59. The molecule has 1 aromatic carbocycles. The van der Waals surface area contributed by atoms with Gasteiger partial charge in [0.1, 0.15) is 12.7 Å². The van der Waals surface area contributed by atoms with Gasteiger partial charge < -0.3 is 24.8 Å². The molecule has 0 amide bonds. The number of rotatable bonds is 7. The van der Waals surface area contributed by atoms with Crippen LogP contribution in [-0.4, -0.2) is 57.5 Å². The summed E-state index contributed by atoms with van der Waals surface area (Å²) >= 11 is 0. The second-order valence-corrected chi connectivity index (χ2v) is 5.28. The molecule has 0 bridgehead atoms. The lowest BCUT2D eigenvalue weighted by atomic mass is 10.1. The van der Waals surface area contributed by atoms with Crippen molar-refractivity contribution in [3.8, 4) is 11.5 Å². The topological polar surface area (TPSA) is 57.0 Å². The maximum absolute atomic E-state index is 6.03. The summed E-state index contributed by atoms with van der Waals surface area (Å²) in [5.41, 5.74) is 6.77. The van der Waals surface area contributed by atoms with Gasteiger partial charge in [-0.2, -0.15) is 0 Å². The molecular weight excluding hydrogens is 268 g/mol. The Morgan fingerprint density at radius 3 is 2.95 bits per heavy atom. The van der Waals surface area contributed by atoms with Crippen molar-refractivity contribution in [1.29, 1.82) is 0 Å². The van der Waals surface area contributed by atoms with Crippen molar-refractivity contribution in [1.82, 2.24) is 4.90 Å². The molecule has 2 N–H and O–H groups in total. The van der Waals surface area contributed by atoms with E-state index >= 15 is 0 Å². The van der Waals surface area contributed by atoms with Crippen LogP contribution >= 0.6 is 0 Å². The van der Waals surface area contributed by atoms with Crippen LogP contribution in [0.2, 0.25) is 0 Å². The molecule has 0 radical (unpaired) electrons. The minimum atomic E-state index is 0.101. The first-order valence-corrected chi connectivity index (χ1v) is 7.62. The molecule has 1 aliphatic heterocycles. The molecule has 5 heteroatoms. The number of para-hydroxylation sites is 1. The largest absolute Gasteiger partial charge is 0.490 e. The summed E-state index contributed by atoms with van der Waals surface area (Å²) in [6, 6.07) is 5.96. The minimum Gasteiger partial charge on any atom is -0.490 e. The third kappa shape index (κ3) is 4.59. The number of nitrogens with two attached hydrogens (primary N) is 1. The van der Waals surface area contributed by atoms with E-state index in [0.717, 1.165) is 43.2 Å². The molecule has 5 nitrogen and oxygen atoms in total. The lowest BCUT2D eigenvalue weighted by Crippen LogP contribution is -2.42. The van der Waals surface area contributed by atoms with Crippen LogP contribution in [0.3, 0.4) is 0 Å². The van der Waals surface area contributed by atoms with Gasteiger partial charge in [0.25, 0.3) is 0 Å². The second kappa shape index (κ2) is 8.22. The van der Waals surface area contributed by atoms with Crippen LogP contribution in [0, 0.1) is 0 Å². The van der Waals surface area contributed by atoms with Gasteiger partial charge in [-0.3, -0.25) is 0 Å². The van der Waals surface area contributed by atoms with Crippen LogP contribution in [0.4, 0.5) is 0 Å². The highest BCUT2D eigenvalue weighted by Gasteiger charge is 2.20. The maximum Gasteiger partial charge on any atom is 0.164 e. The Kier molecular flexibility index (Phi) is 6.29. The molecule has 2 rings (SSSR count). The first-order valence-electron chi connectivity index (χ1n) is 7.62. The molecule has 1 heterocycles. The highest BCUT2D eigenvalue weighted by Crippen LogP contribution is 2.32. The molecule has 1 unspecified atom stereocenters. The van der Waals surface area contributed by atoms with Gasteiger partial charge in [-0.25, -0.2) is 0 Å². The summed E-state index contributed by atoms with van der Waals surface area (Å²) in [7, 11) is 2.10. The molecule has 21 heavy (non-hydrogen) atoms. The van der Waals surface area contributed by atoms with E-state index in [-0.39, 0.29) is 6.10 Å². The first-order chi connectivity index (χ1) is 10.2. The average molecular weight is 294 g/mol. The molecule has 0 aliphatic carbocycles. The molecule has 118 valence electrons. The molecule has 1 aliphatic rings. The average Bonchev–Trinajstić information content (AvgIpc) is 2.47. The lowest BCUT2D eigenvalue weighted by molar-refractivity contribution is -0.0408. The fourth-order valence-electron chi connectivity index (χ4n) is 2.49. The van der Waals surface area contributed by atoms with E-state index in [1.54, 1.807) is 0 Å². The Labute approximate surface area is 127 Å². The van der Waals surface area contributed by atoms with Crippen LogP contribution in [0.1, 0.15) is 12.5 Å². The predicted molar refractivity (Wildman–Crippen MR) is 83.1 cm³/mol. The fraction of sp³-hybridized carbons (Fsp3) is 0.625. The smallest absolute Gasteiger partial charge is 0.164 e. The van der Waals surface area contributed by atoms with E-state index < -0.39 is 0 Å². The van der Waals surface area contributed by atoms with Gasteiger partial charge in [-0.1, -0.05) is 12.1 Å². The molecule has 1 fully saturated rings. The van der Waals surface area contributed by atoms with E-state index in [0.29, 0.717) is 19.8 Å². The second-order valence-electron chi connectivity index (χ2n) is 5.28. The molecular formula is C16H26N2O3. The van der Waals surface area contributed by atoms with E-state index in [2.05, 4.69) is 11.9 Å². The Hall–Kier alpha value is -1.30. The number of hydrogen-bond donors (Lipinski definition) is 1. The van der Waals surface area contributed by atoms with Gasteiger partial charge in [0, 0.05) is 13.1 Å². The van der Waals surface area contributed by atoms with Crippen molar-refractivity contribution in [3.63, 3.8) is 0 Å². The monoisotopic (exact) mass is 294 g/mol. The summed E-state index contributed by atoms with van der Waals surface area (Å²) in [4.78, 5) is 2.26. The Balaban J connectivity index is 2.05.